The highest BCUT2D eigenvalue weighted by Gasteiger charge is 2.13. The number of nitrogens with zero attached hydrogens (tertiary/aromatic N) is 3. The van der Waals surface area contributed by atoms with Crippen LogP contribution in [-0.2, 0) is 4.79 Å². The lowest BCUT2D eigenvalue weighted by Crippen LogP contribution is -2.13. The summed E-state index contributed by atoms with van der Waals surface area (Å²) >= 11 is 2.42. The Morgan fingerprint density at radius 3 is 2.62 bits per heavy atom. The van der Waals surface area contributed by atoms with Gasteiger partial charge in [-0.2, -0.15) is 14.6 Å². The Balaban J connectivity index is 1.61. The maximum absolute atomic E-state index is 12.5. The molecule has 0 spiro atoms. The summed E-state index contributed by atoms with van der Waals surface area (Å²) in [5.74, 6) is 1.79. The average molecular weight is 499 g/mol. The van der Waals surface area contributed by atoms with Crippen molar-refractivity contribution < 1.29 is 23.7 Å². The van der Waals surface area contributed by atoms with Crippen LogP contribution in [0.1, 0.15) is 5.56 Å². The molecule has 0 aliphatic rings. The molecule has 34 heavy (non-hydrogen) atoms. The molecule has 3 aromatic rings. The van der Waals surface area contributed by atoms with Gasteiger partial charge in [0.25, 0.3) is 5.91 Å². The van der Waals surface area contributed by atoms with Crippen molar-refractivity contribution in [2.75, 3.05) is 39.0 Å². The SMILES string of the molecule is COc1cccc(OCCOc2ccc(C=C(C#N)C(=O)Nc3nc(SC)ns3)cc2OC)c1. The molecule has 2 aromatic carbocycles. The predicted molar refractivity (Wildman–Crippen MR) is 131 cm³/mol. The van der Waals surface area contributed by atoms with E-state index in [9.17, 15) is 10.1 Å². The number of ether oxygens (including phenoxy) is 4. The van der Waals surface area contributed by atoms with Crippen molar-refractivity contribution in [1.82, 2.24) is 9.36 Å². The minimum Gasteiger partial charge on any atom is -0.497 e. The van der Waals surface area contributed by atoms with Crippen molar-refractivity contribution >= 4 is 40.4 Å². The largest absolute Gasteiger partial charge is 0.497 e. The van der Waals surface area contributed by atoms with Crippen molar-refractivity contribution in [1.29, 1.82) is 5.26 Å². The maximum Gasteiger partial charge on any atom is 0.268 e. The first-order chi connectivity index (χ1) is 16.6. The molecule has 0 aliphatic heterocycles. The van der Waals surface area contributed by atoms with Crippen molar-refractivity contribution in [3.05, 3.63) is 53.6 Å². The summed E-state index contributed by atoms with van der Waals surface area (Å²) in [6.45, 7) is 0.606. The zero-order valence-electron chi connectivity index (χ0n) is 18.7. The number of anilines is 1. The molecule has 0 radical (unpaired) electrons. The zero-order chi connectivity index (χ0) is 24.3. The topological polar surface area (TPSA) is 116 Å². The van der Waals surface area contributed by atoms with E-state index in [1.54, 1.807) is 31.4 Å². The van der Waals surface area contributed by atoms with Crippen molar-refractivity contribution in [3.63, 3.8) is 0 Å². The summed E-state index contributed by atoms with van der Waals surface area (Å²) in [5.41, 5.74) is 0.522. The number of hydrogen-bond acceptors (Lipinski definition) is 10. The normalized spacial score (nSPS) is 10.8. The van der Waals surface area contributed by atoms with E-state index < -0.39 is 5.91 Å². The monoisotopic (exact) mass is 498 g/mol. The molecule has 1 amide bonds. The van der Waals surface area contributed by atoms with Gasteiger partial charge in [0.1, 0.15) is 36.4 Å². The van der Waals surface area contributed by atoms with Crippen LogP contribution in [0.25, 0.3) is 6.08 Å². The number of amides is 1. The fourth-order valence-electron chi connectivity index (χ4n) is 2.72. The lowest BCUT2D eigenvalue weighted by atomic mass is 10.1. The van der Waals surface area contributed by atoms with Crippen molar-refractivity contribution in [3.8, 4) is 29.1 Å². The second-order valence-corrected chi connectivity index (χ2v) is 8.02. The Morgan fingerprint density at radius 2 is 1.91 bits per heavy atom. The number of carbonyl (C=O) groups is 1. The van der Waals surface area contributed by atoms with Gasteiger partial charge in [-0.1, -0.05) is 23.9 Å². The van der Waals surface area contributed by atoms with Crippen LogP contribution >= 0.6 is 23.3 Å². The summed E-state index contributed by atoms with van der Waals surface area (Å²) in [7, 11) is 3.11. The number of carbonyl (C=O) groups excluding carboxylic acids is 1. The van der Waals surface area contributed by atoms with Crippen LogP contribution in [0, 0.1) is 11.3 Å². The van der Waals surface area contributed by atoms with E-state index >= 15 is 0 Å². The highest BCUT2D eigenvalue weighted by atomic mass is 32.2. The first kappa shape index (κ1) is 24.9. The van der Waals surface area contributed by atoms with Gasteiger partial charge in [0, 0.05) is 17.6 Å². The Kier molecular flexibility index (Phi) is 9.13. The van der Waals surface area contributed by atoms with Gasteiger partial charge in [-0.3, -0.25) is 10.1 Å². The molecule has 0 fully saturated rings. The smallest absolute Gasteiger partial charge is 0.268 e. The molecule has 0 saturated carbocycles. The predicted octanol–water partition coefficient (Wildman–Crippen LogP) is 4.28. The highest BCUT2D eigenvalue weighted by Crippen LogP contribution is 2.29. The Labute approximate surface area is 205 Å². The van der Waals surface area contributed by atoms with Gasteiger partial charge in [0.2, 0.25) is 10.3 Å². The van der Waals surface area contributed by atoms with E-state index in [1.807, 2.05) is 30.5 Å². The Morgan fingerprint density at radius 1 is 1.12 bits per heavy atom. The van der Waals surface area contributed by atoms with Gasteiger partial charge in [-0.05, 0) is 42.2 Å². The number of rotatable bonds is 11. The minimum atomic E-state index is -0.569. The molecule has 1 N–H and O–H groups in total. The molecule has 0 saturated heterocycles. The van der Waals surface area contributed by atoms with Crippen LogP contribution < -0.4 is 24.3 Å². The third-order valence-corrected chi connectivity index (χ3v) is 5.62. The molecule has 176 valence electrons. The fourth-order valence-corrected chi connectivity index (χ4v) is 3.84. The molecular formula is C23H22N4O5S2. The minimum absolute atomic E-state index is 0.0803. The van der Waals surface area contributed by atoms with Gasteiger partial charge in [0.05, 0.1) is 14.2 Å². The van der Waals surface area contributed by atoms with Crippen LogP contribution in [0.15, 0.2) is 53.2 Å². The lowest BCUT2D eigenvalue weighted by Gasteiger charge is -2.12. The number of methoxy groups -OCH3 is 2. The average Bonchev–Trinajstić information content (AvgIpc) is 3.33. The first-order valence-electron chi connectivity index (χ1n) is 9.94. The summed E-state index contributed by atoms with van der Waals surface area (Å²) in [6, 6.07) is 14.3. The number of nitriles is 1. The molecule has 1 heterocycles. The summed E-state index contributed by atoms with van der Waals surface area (Å²) in [4.78, 5) is 16.6. The quantitative estimate of drug-likeness (QED) is 0.179. The number of nitrogens with one attached hydrogen (secondary N) is 1. The summed E-state index contributed by atoms with van der Waals surface area (Å²) in [5, 5.41) is 12.9. The van der Waals surface area contributed by atoms with E-state index in [2.05, 4.69) is 14.7 Å². The second kappa shape index (κ2) is 12.5. The highest BCUT2D eigenvalue weighted by molar-refractivity contribution is 7.98. The van der Waals surface area contributed by atoms with E-state index in [0.29, 0.717) is 45.5 Å². The van der Waals surface area contributed by atoms with Crippen LogP contribution in [0.5, 0.6) is 23.0 Å². The van der Waals surface area contributed by atoms with E-state index in [-0.39, 0.29) is 12.2 Å². The molecule has 0 atom stereocenters. The van der Waals surface area contributed by atoms with Crippen LogP contribution in [-0.4, -0.2) is 49.0 Å². The molecule has 0 bridgehead atoms. The van der Waals surface area contributed by atoms with Crippen molar-refractivity contribution in [2.45, 2.75) is 5.16 Å². The van der Waals surface area contributed by atoms with E-state index in [0.717, 1.165) is 11.5 Å². The number of hydrogen-bond donors (Lipinski definition) is 1. The summed E-state index contributed by atoms with van der Waals surface area (Å²) in [6.07, 6.45) is 3.30. The van der Waals surface area contributed by atoms with Gasteiger partial charge >= 0.3 is 0 Å². The molecule has 9 nitrogen and oxygen atoms in total. The number of thioether (sulfide) groups is 1. The van der Waals surface area contributed by atoms with E-state index in [1.165, 1.54) is 24.9 Å². The van der Waals surface area contributed by atoms with Crippen LogP contribution in [0.2, 0.25) is 0 Å². The molecule has 1 aromatic heterocycles. The fraction of sp³-hybridized carbons (Fsp3) is 0.217. The standard InChI is InChI=1S/C23H22N4O5S2/c1-29-17-5-4-6-18(13-17)31-9-10-32-19-8-7-15(12-20(19)30-2)11-16(14-24)21(28)25-22-26-23(33-3)27-34-22/h4-8,11-13H,9-10H2,1-3H3,(H,25,26,27,28). The van der Waals surface area contributed by atoms with Gasteiger partial charge in [0.15, 0.2) is 11.5 Å². The Hall–Kier alpha value is -3.75. The molecular weight excluding hydrogens is 476 g/mol. The third kappa shape index (κ3) is 6.87. The van der Waals surface area contributed by atoms with Gasteiger partial charge in [-0.25, -0.2) is 0 Å². The van der Waals surface area contributed by atoms with Gasteiger partial charge < -0.3 is 18.9 Å². The Bertz CT molecular complexity index is 1210. The van der Waals surface area contributed by atoms with E-state index in [4.69, 9.17) is 18.9 Å². The molecule has 11 heteroatoms. The van der Waals surface area contributed by atoms with Crippen LogP contribution in [0.4, 0.5) is 5.13 Å². The van der Waals surface area contributed by atoms with Crippen molar-refractivity contribution in [2.24, 2.45) is 0 Å². The number of aromatic nitrogens is 2. The maximum atomic E-state index is 12.5. The lowest BCUT2D eigenvalue weighted by molar-refractivity contribution is -0.112. The van der Waals surface area contributed by atoms with Gasteiger partial charge in [-0.15, -0.1) is 0 Å². The molecule has 3 rings (SSSR count). The third-order valence-electron chi connectivity index (χ3n) is 4.33. The molecule has 0 unspecified atom stereocenters. The van der Waals surface area contributed by atoms with Crippen LogP contribution in [0.3, 0.4) is 0 Å². The molecule has 0 aliphatic carbocycles. The number of benzene rings is 2. The second-order valence-electron chi connectivity index (χ2n) is 6.50. The summed E-state index contributed by atoms with van der Waals surface area (Å²) < 4.78 is 26.1. The first-order valence-corrected chi connectivity index (χ1v) is 11.9. The zero-order valence-corrected chi connectivity index (χ0v) is 20.4.